The number of hydrogen-bond acceptors (Lipinski definition) is 3. The summed E-state index contributed by atoms with van der Waals surface area (Å²) in [5.41, 5.74) is 0.871. The number of alkyl halides is 2. The van der Waals surface area contributed by atoms with E-state index in [1.165, 1.54) is 24.3 Å². The summed E-state index contributed by atoms with van der Waals surface area (Å²) in [5.74, 6) is 0.202. The highest BCUT2D eigenvalue weighted by Crippen LogP contribution is 2.24. The van der Waals surface area contributed by atoms with Crippen molar-refractivity contribution in [2.24, 2.45) is 0 Å². The van der Waals surface area contributed by atoms with Gasteiger partial charge in [0, 0.05) is 5.56 Å². The van der Waals surface area contributed by atoms with Crippen LogP contribution in [-0.2, 0) is 0 Å². The van der Waals surface area contributed by atoms with Gasteiger partial charge in [0.05, 0.1) is 12.3 Å². The Kier molecular flexibility index (Phi) is 5.30. The molecule has 0 atom stereocenters. The molecule has 2 aromatic carbocycles. The molecule has 0 heterocycles. The van der Waals surface area contributed by atoms with E-state index in [1.54, 1.807) is 24.3 Å². The van der Waals surface area contributed by atoms with Crippen LogP contribution in [0.5, 0.6) is 11.5 Å². The summed E-state index contributed by atoms with van der Waals surface area (Å²) in [6.45, 7) is -0.565. The number of nitrogens with one attached hydrogen (secondary N) is 1. The quantitative estimate of drug-likeness (QED) is 0.879. The van der Waals surface area contributed by atoms with E-state index in [0.29, 0.717) is 23.6 Å². The van der Waals surface area contributed by atoms with Gasteiger partial charge in [-0.15, -0.1) is 0 Å². The van der Waals surface area contributed by atoms with E-state index in [9.17, 15) is 13.6 Å². The number of para-hydroxylation sites is 2. The first-order valence-corrected chi connectivity index (χ1v) is 6.68. The Labute approximate surface area is 126 Å². The summed E-state index contributed by atoms with van der Waals surface area (Å²) < 4.78 is 33.8. The van der Waals surface area contributed by atoms with Crippen molar-refractivity contribution in [1.82, 2.24) is 0 Å². The van der Waals surface area contributed by atoms with Crippen LogP contribution in [-0.4, -0.2) is 19.1 Å². The lowest BCUT2D eigenvalue weighted by atomic mass is 10.2. The van der Waals surface area contributed by atoms with Gasteiger partial charge in [-0.2, -0.15) is 8.78 Å². The minimum Gasteiger partial charge on any atom is -0.492 e. The monoisotopic (exact) mass is 307 g/mol. The number of rotatable bonds is 6. The third-order valence-electron chi connectivity index (χ3n) is 2.78. The Bertz CT molecular complexity index is 630. The molecule has 116 valence electrons. The molecule has 4 nitrogen and oxygen atoms in total. The number of halogens is 2. The summed E-state index contributed by atoms with van der Waals surface area (Å²) in [4.78, 5) is 12.1. The largest absolute Gasteiger partial charge is 0.492 e. The maximum absolute atomic E-state index is 12.1. The average Bonchev–Trinajstić information content (AvgIpc) is 2.49. The van der Waals surface area contributed by atoms with Gasteiger partial charge in [-0.05, 0) is 43.3 Å². The molecular weight excluding hydrogens is 292 g/mol. The van der Waals surface area contributed by atoms with Crippen molar-refractivity contribution in [1.29, 1.82) is 0 Å². The van der Waals surface area contributed by atoms with Crippen molar-refractivity contribution in [2.75, 3.05) is 11.9 Å². The van der Waals surface area contributed by atoms with Gasteiger partial charge < -0.3 is 14.8 Å². The van der Waals surface area contributed by atoms with Gasteiger partial charge in [0.1, 0.15) is 11.5 Å². The number of carbonyl (C=O) groups excluding carboxylic acids is 1. The SMILES string of the molecule is CCOc1ccccc1NC(=O)c1ccc(OC(F)F)cc1. The number of ether oxygens (including phenoxy) is 2. The molecule has 0 saturated carbocycles. The van der Waals surface area contributed by atoms with Crippen molar-refractivity contribution < 1.29 is 23.0 Å². The van der Waals surface area contributed by atoms with Gasteiger partial charge in [-0.3, -0.25) is 4.79 Å². The molecule has 0 saturated heterocycles. The molecule has 0 aliphatic rings. The van der Waals surface area contributed by atoms with Crippen molar-refractivity contribution in [2.45, 2.75) is 13.5 Å². The first kappa shape index (κ1) is 15.8. The summed E-state index contributed by atoms with van der Waals surface area (Å²) in [6.07, 6.45) is 0. The maximum atomic E-state index is 12.1. The number of carbonyl (C=O) groups is 1. The molecule has 0 radical (unpaired) electrons. The van der Waals surface area contributed by atoms with Crippen molar-refractivity contribution in [3.8, 4) is 11.5 Å². The van der Waals surface area contributed by atoms with Crippen LogP contribution in [0.25, 0.3) is 0 Å². The molecule has 1 N–H and O–H groups in total. The fourth-order valence-electron chi connectivity index (χ4n) is 1.83. The van der Waals surface area contributed by atoms with Crippen LogP contribution < -0.4 is 14.8 Å². The highest BCUT2D eigenvalue weighted by molar-refractivity contribution is 6.05. The second-order valence-electron chi connectivity index (χ2n) is 4.29. The molecule has 2 rings (SSSR count). The third kappa shape index (κ3) is 4.18. The lowest BCUT2D eigenvalue weighted by Gasteiger charge is -2.11. The molecule has 6 heteroatoms. The normalized spacial score (nSPS) is 10.4. The van der Waals surface area contributed by atoms with Crippen LogP contribution in [0.2, 0.25) is 0 Å². The van der Waals surface area contributed by atoms with Gasteiger partial charge in [-0.1, -0.05) is 12.1 Å². The fourth-order valence-corrected chi connectivity index (χ4v) is 1.83. The maximum Gasteiger partial charge on any atom is 0.387 e. The predicted molar refractivity (Wildman–Crippen MR) is 78.6 cm³/mol. The first-order chi connectivity index (χ1) is 10.6. The molecule has 0 aliphatic carbocycles. The molecule has 0 unspecified atom stereocenters. The van der Waals surface area contributed by atoms with Crippen LogP contribution >= 0.6 is 0 Å². The fraction of sp³-hybridized carbons (Fsp3) is 0.188. The second-order valence-corrected chi connectivity index (χ2v) is 4.29. The molecule has 22 heavy (non-hydrogen) atoms. The molecule has 0 spiro atoms. The minimum absolute atomic E-state index is 0.00117. The minimum atomic E-state index is -2.89. The molecule has 0 bridgehead atoms. The van der Waals surface area contributed by atoms with Crippen LogP contribution in [0.3, 0.4) is 0 Å². The summed E-state index contributed by atoms with van der Waals surface area (Å²) >= 11 is 0. The molecule has 0 fully saturated rings. The molecule has 1 amide bonds. The van der Waals surface area contributed by atoms with Gasteiger partial charge in [0.15, 0.2) is 0 Å². The van der Waals surface area contributed by atoms with Gasteiger partial charge in [0.25, 0.3) is 5.91 Å². The summed E-state index contributed by atoms with van der Waals surface area (Å²) in [7, 11) is 0. The van der Waals surface area contributed by atoms with Crippen molar-refractivity contribution in [3.05, 3.63) is 54.1 Å². The topological polar surface area (TPSA) is 47.6 Å². The highest BCUT2D eigenvalue weighted by atomic mass is 19.3. The lowest BCUT2D eigenvalue weighted by molar-refractivity contribution is -0.0498. The third-order valence-corrected chi connectivity index (χ3v) is 2.78. The van der Waals surface area contributed by atoms with Crippen LogP contribution in [0, 0.1) is 0 Å². The van der Waals surface area contributed by atoms with Crippen molar-refractivity contribution in [3.63, 3.8) is 0 Å². The van der Waals surface area contributed by atoms with Crippen LogP contribution in [0.1, 0.15) is 17.3 Å². The van der Waals surface area contributed by atoms with E-state index < -0.39 is 6.61 Å². The first-order valence-electron chi connectivity index (χ1n) is 6.68. The molecule has 0 aliphatic heterocycles. The Morgan fingerprint density at radius 1 is 1.14 bits per heavy atom. The zero-order valence-corrected chi connectivity index (χ0v) is 11.9. The van der Waals surface area contributed by atoms with Crippen LogP contribution in [0.15, 0.2) is 48.5 Å². The average molecular weight is 307 g/mol. The van der Waals surface area contributed by atoms with E-state index >= 15 is 0 Å². The van der Waals surface area contributed by atoms with Crippen molar-refractivity contribution >= 4 is 11.6 Å². The molecule has 2 aromatic rings. The van der Waals surface area contributed by atoms with Gasteiger partial charge in [-0.25, -0.2) is 0 Å². The predicted octanol–water partition coefficient (Wildman–Crippen LogP) is 3.94. The van der Waals surface area contributed by atoms with Gasteiger partial charge >= 0.3 is 6.61 Å². The zero-order chi connectivity index (χ0) is 15.9. The van der Waals surface area contributed by atoms with E-state index in [-0.39, 0.29) is 11.7 Å². The Hall–Kier alpha value is -2.63. The van der Waals surface area contributed by atoms with Crippen LogP contribution in [0.4, 0.5) is 14.5 Å². The number of hydrogen-bond donors (Lipinski definition) is 1. The zero-order valence-electron chi connectivity index (χ0n) is 11.9. The molecule has 0 aromatic heterocycles. The Balaban J connectivity index is 2.09. The summed E-state index contributed by atoms with van der Waals surface area (Å²) in [6, 6.07) is 12.5. The number of anilines is 1. The number of benzene rings is 2. The van der Waals surface area contributed by atoms with E-state index in [1.807, 2.05) is 6.92 Å². The highest BCUT2D eigenvalue weighted by Gasteiger charge is 2.10. The lowest BCUT2D eigenvalue weighted by Crippen LogP contribution is -2.13. The Morgan fingerprint density at radius 2 is 1.82 bits per heavy atom. The van der Waals surface area contributed by atoms with E-state index in [4.69, 9.17) is 4.74 Å². The standard InChI is InChI=1S/C16H15F2NO3/c1-2-21-14-6-4-3-5-13(14)19-15(20)11-7-9-12(10-8-11)22-16(17)18/h3-10,16H,2H2,1H3,(H,19,20). The molecular formula is C16H15F2NO3. The smallest absolute Gasteiger partial charge is 0.387 e. The van der Waals surface area contributed by atoms with E-state index in [2.05, 4.69) is 10.1 Å². The summed E-state index contributed by atoms with van der Waals surface area (Å²) in [5, 5.41) is 2.72. The van der Waals surface area contributed by atoms with Gasteiger partial charge in [0.2, 0.25) is 0 Å². The van der Waals surface area contributed by atoms with E-state index in [0.717, 1.165) is 0 Å². The second kappa shape index (κ2) is 7.40. The number of amides is 1. The Morgan fingerprint density at radius 3 is 2.45 bits per heavy atom.